The second-order valence-electron chi connectivity index (χ2n) is 5.12. The molecular formula is C13H21ClFN3. The molecule has 0 bridgehead atoms. The van der Waals surface area contributed by atoms with Crippen LogP contribution in [0.4, 0.5) is 21.5 Å². The minimum Gasteiger partial charge on any atom is -0.397 e. The van der Waals surface area contributed by atoms with E-state index in [1.165, 1.54) is 6.07 Å². The van der Waals surface area contributed by atoms with Gasteiger partial charge < -0.3 is 16.4 Å². The Labute approximate surface area is 113 Å². The second kappa shape index (κ2) is 5.65. The van der Waals surface area contributed by atoms with Gasteiger partial charge in [-0.3, -0.25) is 0 Å². The molecule has 3 nitrogen and oxygen atoms in total. The highest BCUT2D eigenvalue weighted by Crippen LogP contribution is 2.36. The van der Waals surface area contributed by atoms with Crippen molar-refractivity contribution in [2.24, 2.45) is 5.92 Å². The summed E-state index contributed by atoms with van der Waals surface area (Å²) in [6.07, 6.45) is 0.942. The third-order valence-electron chi connectivity index (χ3n) is 3.06. The van der Waals surface area contributed by atoms with Crippen molar-refractivity contribution in [3.63, 3.8) is 0 Å². The topological polar surface area (TPSA) is 55.3 Å². The first-order chi connectivity index (χ1) is 8.25. The highest BCUT2D eigenvalue weighted by molar-refractivity contribution is 6.33. The van der Waals surface area contributed by atoms with Gasteiger partial charge in [-0.05, 0) is 25.3 Å². The van der Waals surface area contributed by atoms with Gasteiger partial charge in [-0.2, -0.15) is 0 Å². The highest BCUT2D eigenvalue weighted by atomic mass is 35.5. The van der Waals surface area contributed by atoms with E-state index in [0.29, 0.717) is 17.3 Å². The maximum Gasteiger partial charge on any atom is 0.169 e. The number of hydrogen-bond donors (Lipinski definition) is 2. The van der Waals surface area contributed by atoms with Gasteiger partial charge in [0.25, 0.3) is 0 Å². The Morgan fingerprint density at radius 1 is 1.28 bits per heavy atom. The normalized spacial score (nSPS) is 12.8. The lowest BCUT2D eigenvalue weighted by Crippen LogP contribution is -2.31. The SMILES string of the molecule is CC(C)CC(C)N(C)c1c(N)cc(N)c(Cl)c1F. The summed E-state index contributed by atoms with van der Waals surface area (Å²) in [5.41, 5.74) is 12.2. The Kier molecular flexibility index (Phi) is 4.68. The molecule has 1 unspecified atom stereocenters. The molecule has 0 spiro atoms. The maximum atomic E-state index is 14.1. The zero-order valence-electron chi connectivity index (χ0n) is 11.3. The van der Waals surface area contributed by atoms with Gasteiger partial charge in [0.15, 0.2) is 5.82 Å². The molecule has 1 rings (SSSR count). The van der Waals surface area contributed by atoms with Gasteiger partial charge in [0, 0.05) is 13.1 Å². The summed E-state index contributed by atoms with van der Waals surface area (Å²) in [6, 6.07) is 1.67. The molecular weight excluding hydrogens is 253 g/mol. The summed E-state index contributed by atoms with van der Waals surface area (Å²) >= 11 is 5.83. The molecule has 5 heteroatoms. The average Bonchev–Trinajstić information content (AvgIpc) is 2.25. The number of halogens is 2. The third kappa shape index (κ3) is 2.99. The van der Waals surface area contributed by atoms with Crippen molar-refractivity contribution in [2.45, 2.75) is 33.2 Å². The van der Waals surface area contributed by atoms with Crippen molar-refractivity contribution in [2.75, 3.05) is 23.4 Å². The van der Waals surface area contributed by atoms with Crippen LogP contribution in [0.15, 0.2) is 6.07 Å². The highest BCUT2D eigenvalue weighted by Gasteiger charge is 2.21. The number of nitrogens with two attached hydrogens (primary N) is 2. The van der Waals surface area contributed by atoms with E-state index in [9.17, 15) is 4.39 Å². The zero-order chi connectivity index (χ0) is 14.0. The predicted octanol–water partition coefficient (Wildman–Crippen LogP) is 3.51. The monoisotopic (exact) mass is 273 g/mol. The first-order valence-electron chi connectivity index (χ1n) is 6.01. The van der Waals surface area contributed by atoms with Crippen LogP contribution in [0, 0.1) is 11.7 Å². The predicted molar refractivity (Wildman–Crippen MR) is 77.6 cm³/mol. The number of rotatable bonds is 4. The summed E-state index contributed by atoms with van der Waals surface area (Å²) in [4.78, 5) is 1.82. The number of anilines is 3. The van der Waals surface area contributed by atoms with E-state index in [2.05, 4.69) is 13.8 Å². The third-order valence-corrected chi connectivity index (χ3v) is 3.45. The standard InChI is InChI=1S/C13H21ClFN3/c1-7(2)5-8(3)18(4)13-10(17)6-9(16)11(14)12(13)15/h6-8H,5,16-17H2,1-4H3. The lowest BCUT2D eigenvalue weighted by Gasteiger charge is -2.30. The van der Waals surface area contributed by atoms with E-state index in [4.69, 9.17) is 23.1 Å². The van der Waals surface area contributed by atoms with E-state index in [0.717, 1.165) is 6.42 Å². The average molecular weight is 274 g/mol. The van der Waals surface area contributed by atoms with Gasteiger partial charge >= 0.3 is 0 Å². The quantitative estimate of drug-likeness (QED) is 0.826. The largest absolute Gasteiger partial charge is 0.397 e. The molecule has 0 aliphatic heterocycles. The molecule has 0 aromatic heterocycles. The van der Waals surface area contributed by atoms with E-state index < -0.39 is 5.82 Å². The van der Waals surface area contributed by atoms with Crippen LogP contribution in [0.5, 0.6) is 0 Å². The van der Waals surface area contributed by atoms with Crippen molar-refractivity contribution >= 4 is 28.7 Å². The fourth-order valence-electron chi connectivity index (χ4n) is 2.08. The molecule has 0 fully saturated rings. The van der Waals surface area contributed by atoms with Crippen LogP contribution in [0.25, 0.3) is 0 Å². The van der Waals surface area contributed by atoms with Crippen LogP contribution in [-0.4, -0.2) is 13.1 Å². The van der Waals surface area contributed by atoms with Crippen LogP contribution < -0.4 is 16.4 Å². The Balaban J connectivity index is 3.13. The minimum atomic E-state index is -0.549. The fourth-order valence-corrected chi connectivity index (χ4v) is 2.22. The Hall–Kier alpha value is -1.16. The molecule has 0 aliphatic carbocycles. The molecule has 1 aromatic carbocycles. The maximum absolute atomic E-state index is 14.1. The van der Waals surface area contributed by atoms with Crippen LogP contribution >= 0.6 is 11.6 Å². The Bertz CT molecular complexity index is 435. The number of benzene rings is 1. The smallest absolute Gasteiger partial charge is 0.169 e. The van der Waals surface area contributed by atoms with Crippen LogP contribution in [0.2, 0.25) is 5.02 Å². The first kappa shape index (κ1) is 14.9. The molecule has 0 aliphatic rings. The van der Waals surface area contributed by atoms with Gasteiger partial charge in [0.05, 0.1) is 17.1 Å². The summed E-state index contributed by atoms with van der Waals surface area (Å²) in [7, 11) is 1.81. The van der Waals surface area contributed by atoms with E-state index in [1.54, 1.807) is 0 Å². The summed E-state index contributed by atoms with van der Waals surface area (Å²) in [6.45, 7) is 6.28. The van der Waals surface area contributed by atoms with Crippen molar-refractivity contribution in [3.8, 4) is 0 Å². The zero-order valence-corrected chi connectivity index (χ0v) is 12.1. The number of nitrogen functional groups attached to an aromatic ring is 2. The molecule has 0 saturated carbocycles. The van der Waals surface area contributed by atoms with Gasteiger partial charge in [-0.25, -0.2) is 4.39 Å². The van der Waals surface area contributed by atoms with Crippen molar-refractivity contribution in [1.29, 1.82) is 0 Å². The number of nitrogens with zero attached hydrogens (tertiary/aromatic N) is 1. The fraction of sp³-hybridized carbons (Fsp3) is 0.538. The summed E-state index contributed by atoms with van der Waals surface area (Å²) < 4.78 is 14.1. The molecule has 1 aromatic rings. The van der Waals surface area contributed by atoms with Crippen molar-refractivity contribution in [3.05, 3.63) is 16.9 Å². The molecule has 1 atom stereocenters. The van der Waals surface area contributed by atoms with Gasteiger partial charge in [0.2, 0.25) is 0 Å². The van der Waals surface area contributed by atoms with Gasteiger partial charge in [-0.15, -0.1) is 0 Å². The number of hydrogen-bond acceptors (Lipinski definition) is 3. The van der Waals surface area contributed by atoms with Crippen LogP contribution in [-0.2, 0) is 0 Å². The first-order valence-corrected chi connectivity index (χ1v) is 6.39. The lowest BCUT2D eigenvalue weighted by atomic mass is 10.0. The molecule has 0 heterocycles. The van der Waals surface area contributed by atoms with Crippen molar-refractivity contribution < 1.29 is 4.39 Å². The molecule has 0 amide bonds. The van der Waals surface area contributed by atoms with E-state index in [1.807, 2.05) is 18.9 Å². The van der Waals surface area contributed by atoms with Crippen LogP contribution in [0.1, 0.15) is 27.2 Å². The van der Waals surface area contributed by atoms with E-state index >= 15 is 0 Å². The molecule has 4 N–H and O–H groups in total. The van der Waals surface area contributed by atoms with Crippen LogP contribution in [0.3, 0.4) is 0 Å². The van der Waals surface area contributed by atoms with E-state index in [-0.39, 0.29) is 16.8 Å². The van der Waals surface area contributed by atoms with Crippen molar-refractivity contribution in [1.82, 2.24) is 0 Å². The second-order valence-corrected chi connectivity index (χ2v) is 5.50. The van der Waals surface area contributed by atoms with Gasteiger partial charge in [-0.1, -0.05) is 25.4 Å². The molecule has 0 saturated heterocycles. The molecule has 0 radical (unpaired) electrons. The minimum absolute atomic E-state index is 0.0669. The summed E-state index contributed by atoms with van der Waals surface area (Å²) in [5, 5.41) is -0.0669. The summed E-state index contributed by atoms with van der Waals surface area (Å²) in [5.74, 6) is -0.0248. The van der Waals surface area contributed by atoms with Gasteiger partial charge in [0.1, 0.15) is 5.02 Å². The lowest BCUT2D eigenvalue weighted by molar-refractivity contribution is 0.498. The molecule has 18 heavy (non-hydrogen) atoms. The molecule has 102 valence electrons. The Morgan fingerprint density at radius 3 is 2.33 bits per heavy atom. The Morgan fingerprint density at radius 2 is 1.83 bits per heavy atom.